The Labute approximate surface area is 190 Å². The second-order valence-electron chi connectivity index (χ2n) is 8.32. The summed E-state index contributed by atoms with van der Waals surface area (Å²) in [7, 11) is 0. The van der Waals surface area contributed by atoms with E-state index in [0.717, 1.165) is 11.1 Å². The highest BCUT2D eigenvalue weighted by Crippen LogP contribution is 2.43. The number of rotatable bonds is 5. The number of carbonyl (C=O) groups excluding carboxylic acids is 1. The molecule has 1 aliphatic heterocycles. The smallest absolute Gasteiger partial charge is 0.404 e. The molecule has 2 heterocycles. The van der Waals surface area contributed by atoms with Crippen LogP contribution in [0.25, 0.3) is 11.4 Å². The van der Waals surface area contributed by atoms with E-state index in [9.17, 15) is 9.59 Å². The summed E-state index contributed by atoms with van der Waals surface area (Å²) in [5.74, 6) is 0.786. The third-order valence-corrected chi connectivity index (χ3v) is 6.17. The SMILES string of the molecule is Cc1nc(-c2ccc(C(=O)N3C[C@@H](c4ccc(Cl)cc4)[C@](C)(CNC(=O)O)C3)cc2)no1. The van der Waals surface area contributed by atoms with Gasteiger partial charge in [-0.2, -0.15) is 4.98 Å². The van der Waals surface area contributed by atoms with Crippen LogP contribution in [0.1, 0.15) is 34.7 Å². The molecule has 2 amide bonds. The molecular formula is C23H23ClN4O4. The number of hydrogen-bond acceptors (Lipinski definition) is 5. The van der Waals surface area contributed by atoms with Gasteiger partial charge in [0.2, 0.25) is 11.7 Å². The van der Waals surface area contributed by atoms with Crippen molar-refractivity contribution in [2.75, 3.05) is 19.6 Å². The maximum absolute atomic E-state index is 13.3. The zero-order chi connectivity index (χ0) is 22.9. The molecule has 0 bridgehead atoms. The standard InChI is InChI=1S/C23H23ClN4O4/c1-14-26-20(27-32-14)16-3-5-17(6-4-16)21(29)28-11-19(15-7-9-18(24)10-8-15)23(2,13-28)12-25-22(30)31/h3-10,19,25H,11-13H2,1-2H3,(H,30,31)/t19-,23+/m0/s1. The molecule has 1 saturated heterocycles. The summed E-state index contributed by atoms with van der Waals surface area (Å²) in [4.78, 5) is 30.4. The molecule has 8 nitrogen and oxygen atoms in total. The van der Waals surface area contributed by atoms with Crippen LogP contribution in [0.3, 0.4) is 0 Å². The van der Waals surface area contributed by atoms with Crippen molar-refractivity contribution in [1.29, 1.82) is 0 Å². The highest BCUT2D eigenvalue weighted by atomic mass is 35.5. The first kappa shape index (κ1) is 21.8. The minimum Gasteiger partial charge on any atom is -0.465 e. The summed E-state index contributed by atoms with van der Waals surface area (Å²) >= 11 is 6.04. The van der Waals surface area contributed by atoms with Gasteiger partial charge in [0.25, 0.3) is 5.91 Å². The summed E-state index contributed by atoms with van der Waals surface area (Å²) in [6, 6.07) is 14.5. The Kier molecular flexibility index (Phi) is 5.88. The van der Waals surface area contributed by atoms with Gasteiger partial charge in [0, 0.05) is 54.0 Å². The van der Waals surface area contributed by atoms with Gasteiger partial charge < -0.3 is 19.8 Å². The number of nitrogens with one attached hydrogen (secondary N) is 1. The normalized spacial score (nSPS) is 20.3. The average molecular weight is 455 g/mol. The third-order valence-electron chi connectivity index (χ3n) is 5.92. The van der Waals surface area contributed by atoms with E-state index in [4.69, 9.17) is 21.2 Å². The van der Waals surface area contributed by atoms with Gasteiger partial charge in [-0.05, 0) is 29.8 Å². The number of halogens is 1. The predicted molar refractivity (Wildman–Crippen MR) is 119 cm³/mol. The van der Waals surface area contributed by atoms with Crippen molar-refractivity contribution < 1.29 is 19.2 Å². The second kappa shape index (κ2) is 8.63. The van der Waals surface area contributed by atoms with Crippen molar-refractivity contribution in [2.45, 2.75) is 19.8 Å². The van der Waals surface area contributed by atoms with Crippen molar-refractivity contribution in [3.8, 4) is 11.4 Å². The lowest BCUT2D eigenvalue weighted by molar-refractivity contribution is 0.0775. The number of aromatic nitrogens is 2. The Bertz CT molecular complexity index is 1130. The van der Waals surface area contributed by atoms with E-state index in [1.54, 1.807) is 36.1 Å². The number of carboxylic acid groups (broad SMARTS) is 1. The Balaban J connectivity index is 1.56. The molecule has 166 valence electrons. The highest BCUT2D eigenvalue weighted by molar-refractivity contribution is 6.30. The third kappa shape index (κ3) is 4.45. The average Bonchev–Trinajstić information content (AvgIpc) is 3.36. The number of benzene rings is 2. The van der Waals surface area contributed by atoms with Crippen LogP contribution < -0.4 is 5.32 Å². The van der Waals surface area contributed by atoms with Crippen molar-refractivity contribution in [3.63, 3.8) is 0 Å². The first-order valence-corrected chi connectivity index (χ1v) is 10.6. The first-order chi connectivity index (χ1) is 15.2. The van der Waals surface area contributed by atoms with E-state index in [0.29, 0.717) is 35.4 Å². The lowest BCUT2D eigenvalue weighted by atomic mass is 9.76. The van der Waals surface area contributed by atoms with Crippen molar-refractivity contribution in [2.24, 2.45) is 5.41 Å². The van der Waals surface area contributed by atoms with Crippen molar-refractivity contribution in [3.05, 3.63) is 70.6 Å². The minimum absolute atomic E-state index is 0.0443. The molecule has 0 saturated carbocycles. The molecule has 32 heavy (non-hydrogen) atoms. The number of likely N-dealkylation sites (tertiary alicyclic amines) is 1. The predicted octanol–water partition coefficient (Wildman–Crippen LogP) is 4.21. The van der Waals surface area contributed by atoms with Gasteiger partial charge in [0.1, 0.15) is 0 Å². The fraction of sp³-hybridized carbons (Fsp3) is 0.304. The van der Waals surface area contributed by atoms with Gasteiger partial charge in [-0.1, -0.05) is 47.9 Å². The molecule has 3 aromatic rings. The molecule has 1 fully saturated rings. The van der Waals surface area contributed by atoms with Crippen LogP contribution in [0.15, 0.2) is 53.1 Å². The number of hydrogen-bond donors (Lipinski definition) is 2. The fourth-order valence-electron chi connectivity index (χ4n) is 4.23. The Morgan fingerprint density at radius 1 is 1.22 bits per heavy atom. The van der Waals surface area contributed by atoms with Crippen molar-refractivity contribution in [1.82, 2.24) is 20.4 Å². The van der Waals surface area contributed by atoms with Gasteiger partial charge in [-0.3, -0.25) is 4.79 Å². The van der Waals surface area contributed by atoms with E-state index >= 15 is 0 Å². The molecule has 4 rings (SSSR count). The molecule has 1 aromatic heterocycles. The molecule has 2 N–H and O–H groups in total. The zero-order valence-electron chi connectivity index (χ0n) is 17.7. The quantitative estimate of drug-likeness (QED) is 0.597. The number of amides is 2. The Morgan fingerprint density at radius 3 is 2.50 bits per heavy atom. The van der Waals surface area contributed by atoms with Crippen molar-refractivity contribution >= 4 is 23.6 Å². The lowest BCUT2D eigenvalue weighted by Gasteiger charge is -2.30. The molecule has 0 aliphatic carbocycles. The monoisotopic (exact) mass is 454 g/mol. The fourth-order valence-corrected chi connectivity index (χ4v) is 4.35. The van der Waals surface area contributed by atoms with Crippen LogP contribution in [0.4, 0.5) is 4.79 Å². The lowest BCUT2D eigenvalue weighted by Crippen LogP contribution is -2.40. The summed E-state index contributed by atoms with van der Waals surface area (Å²) in [5.41, 5.74) is 1.85. The van der Waals surface area contributed by atoms with E-state index in [1.165, 1.54) is 0 Å². The van der Waals surface area contributed by atoms with E-state index in [2.05, 4.69) is 15.5 Å². The summed E-state index contributed by atoms with van der Waals surface area (Å²) < 4.78 is 5.01. The van der Waals surface area contributed by atoms with Crippen LogP contribution in [-0.4, -0.2) is 51.8 Å². The largest absolute Gasteiger partial charge is 0.465 e. The van der Waals surface area contributed by atoms with Crippen LogP contribution >= 0.6 is 11.6 Å². The van der Waals surface area contributed by atoms with Crippen LogP contribution in [0, 0.1) is 12.3 Å². The minimum atomic E-state index is -1.09. The summed E-state index contributed by atoms with van der Waals surface area (Å²) in [6.07, 6.45) is -1.09. The number of carbonyl (C=O) groups is 2. The molecule has 0 spiro atoms. The van der Waals surface area contributed by atoms with E-state index in [1.807, 2.05) is 31.2 Å². The Hall–Kier alpha value is -3.39. The van der Waals surface area contributed by atoms with Crippen LogP contribution in [-0.2, 0) is 0 Å². The molecule has 0 radical (unpaired) electrons. The number of aryl methyl sites for hydroxylation is 1. The second-order valence-corrected chi connectivity index (χ2v) is 8.75. The molecule has 2 atom stereocenters. The highest BCUT2D eigenvalue weighted by Gasteiger charge is 2.45. The van der Waals surface area contributed by atoms with Gasteiger partial charge in [-0.25, -0.2) is 4.79 Å². The van der Waals surface area contributed by atoms with Gasteiger partial charge in [-0.15, -0.1) is 0 Å². The van der Waals surface area contributed by atoms with E-state index < -0.39 is 11.5 Å². The summed E-state index contributed by atoms with van der Waals surface area (Å²) in [5, 5.41) is 16.1. The van der Waals surface area contributed by atoms with Crippen LogP contribution in [0.5, 0.6) is 0 Å². The van der Waals surface area contributed by atoms with Gasteiger partial charge in [0.15, 0.2) is 0 Å². The summed E-state index contributed by atoms with van der Waals surface area (Å²) in [6.45, 7) is 4.84. The zero-order valence-corrected chi connectivity index (χ0v) is 18.5. The molecule has 1 aliphatic rings. The molecule has 2 aromatic carbocycles. The van der Waals surface area contributed by atoms with Gasteiger partial charge >= 0.3 is 6.09 Å². The van der Waals surface area contributed by atoms with Gasteiger partial charge in [0.05, 0.1) is 0 Å². The number of nitrogens with zero attached hydrogens (tertiary/aromatic N) is 3. The van der Waals surface area contributed by atoms with Crippen LogP contribution in [0.2, 0.25) is 5.02 Å². The maximum atomic E-state index is 13.3. The van der Waals surface area contributed by atoms with E-state index in [-0.39, 0.29) is 18.4 Å². The molecule has 9 heteroatoms. The first-order valence-electron chi connectivity index (χ1n) is 10.2. The maximum Gasteiger partial charge on any atom is 0.404 e. The molecule has 0 unspecified atom stereocenters. The molecular weight excluding hydrogens is 432 g/mol. The Morgan fingerprint density at radius 2 is 1.91 bits per heavy atom. The topological polar surface area (TPSA) is 109 Å².